The van der Waals surface area contributed by atoms with Gasteiger partial charge < -0.3 is 14.4 Å². The fourth-order valence-electron chi connectivity index (χ4n) is 2.49. The Morgan fingerprint density at radius 3 is 2.72 bits per heavy atom. The van der Waals surface area contributed by atoms with E-state index < -0.39 is 11.8 Å². The summed E-state index contributed by atoms with van der Waals surface area (Å²) in [7, 11) is 1.54. The minimum atomic E-state index is -0.726. The zero-order chi connectivity index (χ0) is 18.1. The van der Waals surface area contributed by atoms with Crippen LogP contribution in [0.1, 0.15) is 24.8 Å². The summed E-state index contributed by atoms with van der Waals surface area (Å²) in [6, 6.07) is 5.23. The Morgan fingerprint density at radius 1 is 1.28 bits per heavy atom. The number of hydrazone groups is 1. The topological polar surface area (TPSA) is 80.2 Å². The fourth-order valence-corrected chi connectivity index (χ4v) is 2.49. The maximum atomic E-state index is 12.0. The van der Waals surface area contributed by atoms with Crippen LogP contribution in [-0.4, -0.2) is 49.7 Å². The maximum Gasteiger partial charge on any atom is 0.329 e. The van der Waals surface area contributed by atoms with Gasteiger partial charge in [-0.3, -0.25) is 9.59 Å². The second kappa shape index (κ2) is 9.46. The largest absolute Gasteiger partial charge is 0.493 e. The van der Waals surface area contributed by atoms with E-state index in [-0.39, 0.29) is 0 Å². The number of carbonyl (C=O) groups is 2. The first-order chi connectivity index (χ1) is 12.2. The molecular weight excluding hydrogens is 322 g/mol. The van der Waals surface area contributed by atoms with Crippen molar-refractivity contribution in [1.29, 1.82) is 0 Å². The monoisotopic (exact) mass is 345 g/mol. The molecule has 0 aliphatic carbocycles. The van der Waals surface area contributed by atoms with Crippen molar-refractivity contribution >= 4 is 18.0 Å². The van der Waals surface area contributed by atoms with E-state index in [1.807, 2.05) is 0 Å². The molecule has 1 heterocycles. The third kappa shape index (κ3) is 5.34. The highest BCUT2D eigenvalue weighted by molar-refractivity contribution is 6.35. The van der Waals surface area contributed by atoms with Gasteiger partial charge in [0.15, 0.2) is 11.5 Å². The number of hydrogen-bond donors (Lipinski definition) is 1. The van der Waals surface area contributed by atoms with Crippen LogP contribution in [0, 0.1) is 0 Å². The van der Waals surface area contributed by atoms with Crippen molar-refractivity contribution in [2.45, 2.75) is 19.3 Å². The first-order valence-electron chi connectivity index (χ1n) is 8.19. The van der Waals surface area contributed by atoms with Crippen LogP contribution in [0.15, 0.2) is 36.0 Å². The number of piperidine rings is 1. The molecule has 2 amide bonds. The van der Waals surface area contributed by atoms with Gasteiger partial charge in [-0.1, -0.05) is 12.7 Å². The van der Waals surface area contributed by atoms with Crippen LogP contribution in [0.3, 0.4) is 0 Å². The minimum Gasteiger partial charge on any atom is -0.493 e. The van der Waals surface area contributed by atoms with Gasteiger partial charge in [-0.15, -0.1) is 0 Å². The second-order valence-corrected chi connectivity index (χ2v) is 5.56. The molecule has 7 nitrogen and oxygen atoms in total. The molecule has 1 aromatic carbocycles. The third-order valence-corrected chi connectivity index (χ3v) is 3.76. The van der Waals surface area contributed by atoms with Crippen LogP contribution in [0.25, 0.3) is 0 Å². The Labute approximate surface area is 147 Å². The number of amides is 2. The molecule has 0 atom stereocenters. The van der Waals surface area contributed by atoms with Crippen molar-refractivity contribution in [2.75, 3.05) is 26.8 Å². The van der Waals surface area contributed by atoms with E-state index in [9.17, 15) is 9.59 Å². The lowest BCUT2D eigenvalue weighted by Gasteiger charge is -2.25. The normalized spacial score (nSPS) is 14.2. The quantitative estimate of drug-likeness (QED) is 0.368. The summed E-state index contributed by atoms with van der Waals surface area (Å²) in [6.07, 6.45) is 6.05. The number of methoxy groups -OCH3 is 1. The number of carbonyl (C=O) groups excluding carboxylic acids is 2. The number of likely N-dealkylation sites (tertiary alicyclic amines) is 1. The van der Waals surface area contributed by atoms with E-state index in [4.69, 9.17) is 9.47 Å². The lowest BCUT2D eigenvalue weighted by Crippen LogP contribution is -2.43. The van der Waals surface area contributed by atoms with Crippen molar-refractivity contribution in [1.82, 2.24) is 10.3 Å². The Balaban J connectivity index is 1.93. The molecule has 0 spiro atoms. The molecule has 7 heteroatoms. The summed E-state index contributed by atoms with van der Waals surface area (Å²) in [6.45, 7) is 5.22. The van der Waals surface area contributed by atoms with Gasteiger partial charge in [0.1, 0.15) is 6.61 Å². The van der Waals surface area contributed by atoms with Crippen LogP contribution >= 0.6 is 0 Å². The third-order valence-electron chi connectivity index (χ3n) is 3.76. The van der Waals surface area contributed by atoms with Crippen molar-refractivity contribution < 1.29 is 19.1 Å². The van der Waals surface area contributed by atoms with Crippen LogP contribution in [0.2, 0.25) is 0 Å². The number of nitrogens with zero attached hydrogens (tertiary/aromatic N) is 2. The molecule has 1 fully saturated rings. The molecule has 25 heavy (non-hydrogen) atoms. The van der Waals surface area contributed by atoms with Gasteiger partial charge in [0.25, 0.3) is 0 Å². The molecule has 1 aromatic rings. The standard InChI is InChI=1S/C18H23N3O4/c1-3-11-25-15-8-7-14(12-16(15)24-2)13-19-20-17(22)18(23)21-9-5-4-6-10-21/h3,7-8,12-13H,1,4-6,9-11H2,2H3,(H,20,22)/b19-13-. The summed E-state index contributed by atoms with van der Waals surface area (Å²) < 4.78 is 10.7. The van der Waals surface area contributed by atoms with Gasteiger partial charge in [0.05, 0.1) is 13.3 Å². The summed E-state index contributed by atoms with van der Waals surface area (Å²) in [5.41, 5.74) is 2.97. The van der Waals surface area contributed by atoms with Crippen LogP contribution in [-0.2, 0) is 9.59 Å². The molecule has 0 unspecified atom stereocenters. The molecule has 1 aliphatic rings. The molecule has 2 rings (SSSR count). The maximum absolute atomic E-state index is 12.0. The van der Waals surface area contributed by atoms with Crippen LogP contribution in [0.5, 0.6) is 11.5 Å². The van der Waals surface area contributed by atoms with E-state index in [0.29, 0.717) is 36.8 Å². The van der Waals surface area contributed by atoms with Gasteiger partial charge in [0, 0.05) is 13.1 Å². The predicted molar refractivity (Wildman–Crippen MR) is 94.9 cm³/mol. The van der Waals surface area contributed by atoms with Crippen LogP contribution < -0.4 is 14.9 Å². The molecule has 1 N–H and O–H groups in total. The number of nitrogens with one attached hydrogen (secondary N) is 1. The van der Waals surface area contributed by atoms with Crippen molar-refractivity contribution in [3.8, 4) is 11.5 Å². The predicted octanol–water partition coefficient (Wildman–Crippen LogP) is 1.72. The molecule has 1 saturated heterocycles. The lowest BCUT2D eigenvalue weighted by molar-refractivity contribution is -0.146. The first kappa shape index (κ1) is 18.5. The average Bonchev–Trinajstić information content (AvgIpc) is 2.66. The number of benzene rings is 1. The Bertz CT molecular complexity index is 652. The van der Waals surface area contributed by atoms with E-state index in [1.54, 1.807) is 29.2 Å². The Morgan fingerprint density at radius 2 is 2.04 bits per heavy atom. The van der Waals surface area contributed by atoms with Gasteiger partial charge in [-0.05, 0) is 43.0 Å². The Kier molecular flexibility index (Phi) is 7.00. The van der Waals surface area contributed by atoms with E-state index in [1.165, 1.54) is 13.3 Å². The van der Waals surface area contributed by atoms with Gasteiger partial charge in [0.2, 0.25) is 0 Å². The highest BCUT2D eigenvalue weighted by Crippen LogP contribution is 2.27. The molecule has 0 radical (unpaired) electrons. The summed E-state index contributed by atoms with van der Waals surface area (Å²) >= 11 is 0. The number of ether oxygens (including phenoxy) is 2. The smallest absolute Gasteiger partial charge is 0.329 e. The summed E-state index contributed by atoms with van der Waals surface area (Å²) in [5.74, 6) is -0.135. The van der Waals surface area contributed by atoms with E-state index in [0.717, 1.165) is 19.3 Å². The highest BCUT2D eigenvalue weighted by atomic mass is 16.5. The van der Waals surface area contributed by atoms with Gasteiger partial charge >= 0.3 is 11.8 Å². The molecular formula is C18H23N3O4. The SMILES string of the molecule is C=CCOc1ccc(/C=N\NC(=O)C(=O)N2CCCCC2)cc1OC. The number of hydrogen-bond acceptors (Lipinski definition) is 5. The average molecular weight is 345 g/mol. The second-order valence-electron chi connectivity index (χ2n) is 5.56. The van der Waals surface area contributed by atoms with Crippen LogP contribution in [0.4, 0.5) is 0 Å². The van der Waals surface area contributed by atoms with E-state index >= 15 is 0 Å². The Hall–Kier alpha value is -2.83. The lowest BCUT2D eigenvalue weighted by atomic mass is 10.1. The summed E-state index contributed by atoms with van der Waals surface area (Å²) in [4.78, 5) is 25.4. The highest BCUT2D eigenvalue weighted by Gasteiger charge is 2.22. The van der Waals surface area contributed by atoms with Crippen molar-refractivity contribution in [3.05, 3.63) is 36.4 Å². The zero-order valence-electron chi connectivity index (χ0n) is 14.4. The molecule has 134 valence electrons. The van der Waals surface area contributed by atoms with Gasteiger partial charge in [-0.25, -0.2) is 5.43 Å². The minimum absolute atomic E-state index is 0.373. The van der Waals surface area contributed by atoms with E-state index in [2.05, 4.69) is 17.1 Å². The molecule has 0 bridgehead atoms. The van der Waals surface area contributed by atoms with Gasteiger partial charge in [-0.2, -0.15) is 5.10 Å². The van der Waals surface area contributed by atoms with Crippen molar-refractivity contribution in [2.24, 2.45) is 5.10 Å². The zero-order valence-corrected chi connectivity index (χ0v) is 14.4. The summed E-state index contributed by atoms with van der Waals surface area (Å²) in [5, 5.41) is 3.84. The molecule has 0 saturated carbocycles. The first-order valence-corrected chi connectivity index (χ1v) is 8.19. The van der Waals surface area contributed by atoms with Crippen molar-refractivity contribution in [3.63, 3.8) is 0 Å². The fraction of sp³-hybridized carbons (Fsp3) is 0.389. The molecule has 1 aliphatic heterocycles. The molecule has 0 aromatic heterocycles. The number of rotatable bonds is 6.